The van der Waals surface area contributed by atoms with Gasteiger partial charge in [0.25, 0.3) is 0 Å². The molecule has 9 nitrogen and oxygen atoms in total. The molecule has 0 aromatic carbocycles. The van der Waals surface area contributed by atoms with Crippen molar-refractivity contribution in [2.75, 3.05) is 45.0 Å². The van der Waals surface area contributed by atoms with Crippen molar-refractivity contribution in [2.24, 2.45) is 13.0 Å². The number of pyridine rings is 2. The molecule has 1 unspecified atom stereocenters. The molecule has 3 aliphatic rings. The Balaban J connectivity index is 1.49. The summed E-state index contributed by atoms with van der Waals surface area (Å²) in [5.41, 5.74) is 4.21. The lowest BCUT2D eigenvalue weighted by Gasteiger charge is -2.35. The van der Waals surface area contributed by atoms with Gasteiger partial charge in [-0.1, -0.05) is 0 Å². The van der Waals surface area contributed by atoms with E-state index in [0.717, 1.165) is 65.2 Å². The fraction of sp³-hybridized carbons (Fsp3) is 0.480. The van der Waals surface area contributed by atoms with Crippen LogP contribution in [0.2, 0.25) is 0 Å². The first-order chi connectivity index (χ1) is 16.5. The molecule has 0 saturated carbocycles. The second kappa shape index (κ2) is 8.33. The predicted molar refractivity (Wildman–Crippen MR) is 125 cm³/mol. The van der Waals surface area contributed by atoms with E-state index in [1.54, 1.807) is 6.20 Å². The van der Waals surface area contributed by atoms with Crippen molar-refractivity contribution in [2.45, 2.75) is 25.4 Å². The molecule has 9 heteroatoms. The largest absolute Gasteiger partial charge is 0.493 e. The molecular weight excluding hydrogens is 436 g/mol. The van der Waals surface area contributed by atoms with E-state index in [1.807, 2.05) is 29.9 Å². The highest BCUT2D eigenvalue weighted by atomic mass is 16.6. The van der Waals surface area contributed by atoms with Crippen molar-refractivity contribution in [3.8, 4) is 17.0 Å². The van der Waals surface area contributed by atoms with Crippen LogP contribution in [0.3, 0.4) is 0 Å². The molecule has 178 valence electrons. The van der Waals surface area contributed by atoms with Gasteiger partial charge in [0.15, 0.2) is 0 Å². The van der Waals surface area contributed by atoms with Gasteiger partial charge < -0.3 is 28.8 Å². The van der Waals surface area contributed by atoms with Crippen LogP contribution in [0.1, 0.15) is 24.6 Å². The summed E-state index contributed by atoms with van der Waals surface area (Å²) < 4.78 is 25.8. The lowest BCUT2D eigenvalue weighted by atomic mass is 9.89. The number of rotatable bonds is 5. The van der Waals surface area contributed by atoms with E-state index in [0.29, 0.717) is 38.2 Å². The summed E-state index contributed by atoms with van der Waals surface area (Å²) in [6.07, 6.45) is 5.35. The maximum absolute atomic E-state index is 11.6. The molecular formula is C25H28N4O5. The van der Waals surface area contributed by atoms with Crippen LogP contribution in [0.4, 0.5) is 5.82 Å². The molecule has 6 rings (SSSR count). The van der Waals surface area contributed by atoms with Crippen molar-refractivity contribution >= 4 is 22.6 Å². The first-order valence-corrected chi connectivity index (χ1v) is 11.7. The Kier molecular flexibility index (Phi) is 5.28. The van der Waals surface area contributed by atoms with E-state index in [1.165, 1.54) is 6.92 Å². The van der Waals surface area contributed by atoms with Gasteiger partial charge in [0.2, 0.25) is 5.91 Å². The number of amides is 1. The van der Waals surface area contributed by atoms with Crippen LogP contribution in [0.15, 0.2) is 24.5 Å². The zero-order chi connectivity index (χ0) is 23.3. The Bertz CT molecular complexity index is 1260. The first-order valence-electron chi connectivity index (χ1n) is 11.7. The molecule has 0 aliphatic carbocycles. The summed E-state index contributed by atoms with van der Waals surface area (Å²) in [5.74, 6) is 1.62. The third kappa shape index (κ3) is 3.64. The Morgan fingerprint density at radius 2 is 2.18 bits per heavy atom. The Morgan fingerprint density at radius 3 is 2.91 bits per heavy atom. The van der Waals surface area contributed by atoms with Crippen LogP contribution in [-0.4, -0.2) is 60.1 Å². The topological polar surface area (TPSA) is 96.7 Å². The minimum atomic E-state index is -0.533. The van der Waals surface area contributed by atoms with Crippen LogP contribution in [0.5, 0.6) is 5.75 Å². The number of carbonyl (C=O) groups is 1. The number of ether oxygens (including phenoxy) is 4. The molecule has 1 amide bonds. The van der Waals surface area contributed by atoms with Gasteiger partial charge in [0, 0.05) is 68.1 Å². The number of aromatic nitrogens is 3. The molecule has 3 aliphatic heterocycles. The third-order valence-electron chi connectivity index (χ3n) is 6.87. The average molecular weight is 465 g/mol. The maximum Gasteiger partial charge on any atom is 0.222 e. The van der Waals surface area contributed by atoms with Gasteiger partial charge in [-0.3, -0.25) is 4.79 Å². The van der Waals surface area contributed by atoms with Gasteiger partial charge in [-0.25, -0.2) is 9.97 Å². The summed E-state index contributed by atoms with van der Waals surface area (Å²) >= 11 is 0. The van der Waals surface area contributed by atoms with Crippen LogP contribution in [0.25, 0.3) is 22.2 Å². The van der Waals surface area contributed by atoms with Gasteiger partial charge in [-0.15, -0.1) is 0 Å². The summed E-state index contributed by atoms with van der Waals surface area (Å²) in [6, 6.07) is 3.94. The predicted octanol–water partition coefficient (Wildman–Crippen LogP) is 2.81. The lowest BCUT2D eigenvalue weighted by molar-refractivity contribution is -0.114. The Morgan fingerprint density at radius 1 is 1.29 bits per heavy atom. The second-order valence-corrected chi connectivity index (χ2v) is 9.36. The number of nitrogens with zero attached hydrogens (tertiary/aromatic N) is 3. The van der Waals surface area contributed by atoms with Crippen LogP contribution >= 0.6 is 0 Å². The van der Waals surface area contributed by atoms with Crippen molar-refractivity contribution in [3.63, 3.8) is 0 Å². The number of aryl methyl sites for hydroxylation is 1. The lowest BCUT2D eigenvalue weighted by Crippen LogP contribution is -2.38. The van der Waals surface area contributed by atoms with Gasteiger partial charge in [-0.2, -0.15) is 0 Å². The minimum absolute atomic E-state index is 0.160. The van der Waals surface area contributed by atoms with Crippen molar-refractivity contribution in [1.29, 1.82) is 0 Å². The Labute approximate surface area is 197 Å². The highest BCUT2D eigenvalue weighted by Crippen LogP contribution is 2.44. The fourth-order valence-electron chi connectivity index (χ4n) is 5.02. The highest BCUT2D eigenvalue weighted by Gasteiger charge is 2.44. The number of fused-ring (bicyclic) bond motifs is 3. The second-order valence-electron chi connectivity index (χ2n) is 9.36. The number of carbonyl (C=O) groups excluding carboxylic acids is 1. The standard InChI is InChI=1S/C25H28N4O5/c1-15(30)27-23-7-18-19(10-29(2)21(18)9-26-23)20-8-22(33-13-16-11-32-12-16)17-3-5-34-25(24(17)28-20)4-6-31-14-25/h7-10,16H,3-6,11-14H2,1-2H3,(H,26,27,30). The van der Waals surface area contributed by atoms with Gasteiger partial charge in [0.1, 0.15) is 17.2 Å². The van der Waals surface area contributed by atoms with Crippen LogP contribution in [-0.2, 0) is 38.1 Å². The Hall–Kier alpha value is -3.01. The molecule has 0 radical (unpaired) electrons. The van der Waals surface area contributed by atoms with Gasteiger partial charge >= 0.3 is 0 Å². The number of nitrogens with one attached hydrogen (secondary N) is 1. The molecule has 1 atom stereocenters. The highest BCUT2D eigenvalue weighted by molar-refractivity contribution is 5.98. The molecule has 6 heterocycles. The summed E-state index contributed by atoms with van der Waals surface area (Å²) in [6.45, 7) is 5.35. The third-order valence-corrected chi connectivity index (χ3v) is 6.87. The van der Waals surface area contributed by atoms with Gasteiger partial charge in [0.05, 0.1) is 56.1 Å². The SMILES string of the molecule is CC(=O)Nc1cc2c(-c3cc(OCC4COC4)c4c(n3)C3(CCOC3)OCC4)cn(C)c2cn1. The molecule has 1 N–H and O–H groups in total. The zero-order valence-corrected chi connectivity index (χ0v) is 19.4. The number of hydrogen-bond acceptors (Lipinski definition) is 7. The van der Waals surface area contributed by atoms with Crippen LogP contribution < -0.4 is 10.1 Å². The molecule has 3 aromatic rings. The molecule has 34 heavy (non-hydrogen) atoms. The average Bonchev–Trinajstić information content (AvgIpc) is 3.38. The van der Waals surface area contributed by atoms with E-state index in [4.69, 9.17) is 23.9 Å². The fourth-order valence-corrected chi connectivity index (χ4v) is 5.02. The molecule has 1 spiro atoms. The summed E-state index contributed by atoms with van der Waals surface area (Å²) in [4.78, 5) is 21.1. The van der Waals surface area contributed by atoms with E-state index in [9.17, 15) is 4.79 Å². The van der Waals surface area contributed by atoms with Crippen LogP contribution in [0, 0.1) is 5.92 Å². The summed E-state index contributed by atoms with van der Waals surface area (Å²) in [5, 5.41) is 3.74. The quantitative estimate of drug-likeness (QED) is 0.620. The first kappa shape index (κ1) is 21.5. The zero-order valence-electron chi connectivity index (χ0n) is 19.4. The van der Waals surface area contributed by atoms with E-state index < -0.39 is 5.60 Å². The van der Waals surface area contributed by atoms with E-state index in [2.05, 4.69) is 10.3 Å². The van der Waals surface area contributed by atoms with E-state index in [-0.39, 0.29) is 5.91 Å². The number of anilines is 1. The van der Waals surface area contributed by atoms with E-state index >= 15 is 0 Å². The molecule has 2 fully saturated rings. The smallest absolute Gasteiger partial charge is 0.222 e. The summed E-state index contributed by atoms with van der Waals surface area (Å²) in [7, 11) is 1.98. The normalized spacial score (nSPS) is 22.1. The molecule has 0 bridgehead atoms. The minimum Gasteiger partial charge on any atom is -0.493 e. The monoisotopic (exact) mass is 464 g/mol. The molecule has 3 aromatic heterocycles. The van der Waals surface area contributed by atoms with Crippen molar-refractivity contribution in [3.05, 3.63) is 35.8 Å². The van der Waals surface area contributed by atoms with Gasteiger partial charge in [-0.05, 0) is 6.07 Å². The number of hydrogen-bond donors (Lipinski definition) is 1. The van der Waals surface area contributed by atoms with Crippen molar-refractivity contribution in [1.82, 2.24) is 14.5 Å². The molecule has 2 saturated heterocycles. The van der Waals surface area contributed by atoms with Crippen molar-refractivity contribution < 1.29 is 23.7 Å². The maximum atomic E-state index is 11.6.